The van der Waals surface area contributed by atoms with Crippen LogP contribution in [-0.2, 0) is 9.53 Å². The third-order valence-corrected chi connectivity index (χ3v) is 2.47. The minimum absolute atomic E-state index is 0.181. The molecule has 2 amide bonds. The lowest BCUT2D eigenvalue weighted by molar-refractivity contribution is -0.121. The number of primary amides is 1. The maximum atomic E-state index is 11.7. The van der Waals surface area contributed by atoms with Gasteiger partial charge in [-0.15, -0.1) is 0 Å². The molecule has 3 N–H and O–H groups in total. The van der Waals surface area contributed by atoms with Crippen LogP contribution in [0.25, 0.3) is 0 Å². The van der Waals surface area contributed by atoms with Crippen molar-refractivity contribution in [2.45, 2.75) is 0 Å². The molecular weight excluding hydrogens is 276 g/mol. The first-order valence-corrected chi connectivity index (χ1v) is 5.96. The minimum Gasteiger partial charge on any atom is -0.459 e. The molecule has 0 bridgehead atoms. The summed E-state index contributed by atoms with van der Waals surface area (Å²) in [4.78, 5) is 33.8. The molecule has 108 valence electrons. The lowest BCUT2D eigenvalue weighted by atomic mass is 10.2. The third-order valence-electron chi connectivity index (χ3n) is 2.47. The summed E-state index contributed by atoms with van der Waals surface area (Å²) in [5.74, 6) is -1.62. The Morgan fingerprint density at radius 3 is 2.43 bits per heavy atom. The van der Waals surface area contributed by atoms with Gasteiger partial charge >= 0.3 is 5.97 Å². The van der Waals surface area contributed by atoms with Crippen molar-refractivity contribution < 1.29 is 23.5 Å². The number of carbonyl (C=O) groups excluding carboxylic acids is 3. The van der Waals surface area contributed by atoms with Gasteiger partial charge in [-0.3, -0.25) is 9.59 Å². The van der Waals surface area contributed by atoms with Gasteiger partial charge in [-0.05, 0) is 36.4 Å². The third kappa shape index (κ3) is 3.93. The highest BCUT2D eigenvalue weighted by Crippen LogP contribution is 2.12. The average Bonchev–Trinajstić information content (AvgIpc) is 3.00. The van der Waals surface area contributed by atoms with Crippen molar-refractivity contribution in [1.82, 2.24) is 0 Å². The van der Waals surface area contributed by atoms with Gasteiger partial charge in [0.15, 0.2) is 12.4 Å². The topological polar surface area (TPSA) is 112 Å². The number of nitrogens with two attached hydrogens (primary N) is 1. The van der Waals surface area contributed by atoms with E-state index in [4.69, 9.17) is 10.2 Å². The first kappa shape index (κ1) is 14.3. The highest BCUT2D eigenvalue weighted by atomic mass is 16.5. The summed E-state index contributed by atoms with van der Waals surface area (Å²) in [6.45, 7) is -0.476. The zero-order chi connectivity index (χ0) is 15.2. The van der Waals surface area contributed by atoms with Crippen LogP contribution in [0.5, 0.6) is 0 Å². The standard InChI is InChI=1S/C14H12N2O5/c15-12(17)8-21-14(19)9-3-5-10(6-4-9)16-13(18)11-2-1-7-20-11/h1-7H,8H2,(H2,15,17)(H,16,18). The first-order valence-electron chi connectivity index (χ1n) is 5.96. The molecule has 0 atom stereocenters. The van der Waals surface area contributed by atoms with E-state index in [2.05, 4.69) is 10.1 Å². The van der Waals surface area contributed by atoms with Crippen LogP contribution in [0, 0.1) is 0 Å². The van der Waals surface area contributed by atoms with Crippen LogP contribution in [0.15, 0.2) is 47.1 Å². The van der Waals surface area contributed by atoms with E-state index >= 15 is 0 Å². The molecule has 0 unspecified atom stereocenters. The predicted octanol–water partition coefficient (Wildman–Crippen LogP) is 1.17. The van der Waals surface area contributed by atoms with Gasteiger partial charge in [0.05, 0.1) is 11.8 Å². The first-order chi connectivity index (χ1) is 10.1. The molecule has 0 radical (unpaired) electrons. The Morgan fingerprint density at radius 1 is 1.14 bits per heavy atom. The highest BCUT2D eigenvalue weighted by molar-refractivity contribution is 6.02. The van der Waals surface area contributed by atoms with Crippen molar-refractivity contribution in [2.75, 3.05) is 11.9 Å². The van der Waals surface area contributed by atoms with Gasteiger partial charge in [-0.1, -0.05) is 0 Å². The van der Waals surface area contributed by atoms with E-state index in [1.165, 1.54) is 36.6 Å². The lowest BCUT2D eigenvalue weighted by Crippen LogP contribution is -2.20. The predicted molar refractivity (Wildman–Crippen MR) is 72.6 cm³/mol. The van der Waals surface area contributed by atoms with Gasteiger partial charge in [-0.2, -0.15) is 0 Å². The number of anilines is 1. The Labute approximate surface area is 119 Å². The van der Waals surface area contributed by atoms with E-state index < -0.39 is 24.4 Å². The number of hydrogen-bond acceptors (Lipinski definition) is 5. The molecule has 0 aliphatic carbocycles. The van der Waals surface area contributed by atoms with Gasteiger partial charge in [0, 0.05) is 5.69 Å². The maximum absolute atomic E-state index is 11.7. The number of ether oxygens (including phenoxy) is 1. The van der Waals surface area contributed by atoms with Crippen LogP contribution in [-0.4, -0.2) is 24.4 Å². The van der Waals surface area contributed by atoms with Crippen molar-refractivity contribution >= 4 is 23.5 Å². The van der Waals surface area contributed by atoms with Gasteiger partial charge in [0.2, 0.25) is 0 Å². The van der Waals surface area contributed by atoms with E-state index in [0.717, 1.165) is 0 Å². The second-order valence-electron chi connectivity index (χ2n) is 4.05. The number of benzene rings is 1. The zero-order valence-electron chi connectivity index (χ0n) is 10.9. The summed E-state index contributed by atoms with van der Waals surface area (Å²) >= 11 is 0. The molecule has 0 fully saturated rings. The van der Waals surface area contributed by atoms with Crippen molar-refractivity contribution in [3.63, 3.8) is 0 Å². The Hall–Kier alpha value is -3.09. The number of furan rings is 1. The van der Waals surface area contributed by atoms with E-state index in [-0.39, 0.29) is 11.3 Å². The summed E-state index contributed by atoms with van der Waals surface area (Å²) in [6.07, 6.45) is 1.40. The summed E-state index contributed by atoms with van der Waals surface area (Å²) in [5, 5.41) is 2.60. The van der Waals surface area contributed by atoms with Crippen molar-refractivity contribution in [1.29, 1.82) is 0 Å². The zero-order valence-corrected chi connectivity index (χ0v) is 10.9. The van der Waals surface area contributed by atoms with Crippen molar-refractivity contribution in [2.24, 2.45) is 5.73 Å². The van der Waals surface area contributed by atoms with Gasteiger partial charge < -0.3 is 20.2 Å². The number of carbonyl (C=O) groups is 3. The molecule has 2 aromatic rings. The number of esters is 1. The smallest absolute Gasteiger partial charge is 0.338 e. The van der Waals surface area contributed by atoms with Crippen LogP contribution < -0.4 is 11.1 Å². The lowest BCUT2D eigenvalue weighted by Gasteiger charge is -2.05. The Bertz CT molecular complexity index is 647. The van der Waals surface area contributed by atoms with E-state index in [0.29, 0.717) is 5.69 Å². The van der Waals surface area contributed by atoms with Crippen molar-refractivity contribution in [3.05, 3.63) is 54.0 Å². The largest absolute Gasteiger partial charge is 0.459 e. The van der Waals surface area contributed by atoms with Crippen LogP contribution in [0.4, 0.5) is 5.69 Å². The van der Waals surface area contributed by atoms with E-state index in [1.54, 1.807) is 6.07 Å². The Morgan fingerprint density at radius 2 is 1.86 bits per heavy atom. The molecule has 2 rings (SSSR count). The quantitative estimate of drug-likeness (QED) is 0.802. The van der Waals surface area contributed by atoms with Crippen LogP contribution >= 0.6 is 0 Å². The Balaban J connectivity index is 1.97. The molecule has 1 aromatic carbocycles. The SMILES string of the molecule is NC(=O)COC(=O)c1ccc(NC(=O)c2ccco2)cc1. The molecule has 1 aromatic heterocycles. The van der Waals surface area contributed by atoms with Crippen molar-refractivity contribution in [3.8, 4) is 0 Å². The monoisotopic (exact) mass is 288 g/mol. The van der Waals surface area contributed by atoms with Gasteiger partial charge in [-0.25, -0.2) is 4.79 Å². The summed E-state index contributed by atoms with van der Waals surface area (Å²) in [6, 6.07) is 9.11. The molecule has 0 saturated carbocycles. The number of rotatable bonds is 5. The fourth-order valence-corrected chi connectivity index (χ4v) is 1.51. The number of hydrogen-bond donors (Lipinski definition) is 2. The molecular formula is C14H12N2O5. The fourth-order valence-electron chi connectivity index (χ4n) is 1.51. The molecule has 0 aliphatic heterocycles. The highest BCUT2D eigenvalue weighted by Gasteiger charge is 2.11. The van der Waals surface area contributed by atoms with E-state index in [1.807, 2.05) is 0 Å². The van der Waals surface area contributed by atoms with Crippen LogP contribution in [0.1, 0.15) is 20.9 Å². The molecule has 0 aliphatic rings. The molecule has 7 heteroatoms. The fraction of sp³-hybridized carbons (Fsp3) is 0.0714. The molecule has 0 spiro atoms. The average molecular weight is 288 g/mol. The molecule has 21 heavy (non-hydrogen) atoms. The van der Waals surface area contributed by atoms with E-state index in [9.17, 15) is 14.4 Å². The summed E-state index contributed by atoms with van der Waals surface area (Å²) in [5.41, 5.74) is 5.60. The van der Waals surface area contributed by atoms with Crippen LogP contribution in [0.3, 0.4) is 0 Å². The number of nitrogens with one attached hydrogen (secondary N) is 1. The maximum Gasteiger partial charge on any atom is 0.338 e. The number of amides is 2. The minimum atomic E-state index is -0.731. The molecule has 7 nitrogen and oxygen atoms in total. The normalized spacial score (nSPS) is 9.90. The second kappa shape index (κ2) is 6.38. The van der Waals surface area contributed by atoms with Gasteiger partial charge in [0.25, 0.3) is 11.8 Å². The molecule has 1 heterocycles. The Kier molecular flexibility index (Phi) is 4.35. The summed E-state index contributed by atoms with van der Waals surface area (Å²) in [7, 11) is 0. The molecule has 0 saturated heterocycles. The van der Waals surface area contributed by atoms with Crippen LogP contribution in [0.2, 0.25) is 0 Å². The second-order valence-corrected chi connectivity index (χ2v) is 4.05. The summed E-state index contributed by atoms with van der Waals surface area (Å²) < 4.78 is 9.61. The van der Waals surface area contributed by atoms with Gasteiger partial charge in [0.1, 0.15) is 0 Å².